The lowest BCUT2D eigenvalue weighted by Crippen LogP contribution is -2.46. The Kier molecular flexibility index (Phi) is 8.80. The molecule has 10 heteroatoms. The minimum Gasteiger partial charge on any atom is -0.465 e. The molecule has 0 aromatic heterocycles. The lowest BCUT2D eigenvalue weighted by molar-refractivity contribution is -0.0220. The van der Waals surface area contributed by atoms with E-state index in [-0.39, 0.29) is 12.8 Å². The molecular formula is C26H32Cl2F2N4O2. The number of halogens is 4. The fourth-order valence-electron chi connectivity index (χ4n) is 4.82. The Morgan fingerprint density at radius 3 is 2.22 bits per heavy atom. The molecule has 0 unspecified atom stereocenters. The molecule has 4 rings (SSSR count). The van der Waals surface area contributed by atoms with Gasteiger partial charge in [-0.25, -0.2) is 13.6 Å². The van der Waals surface area contributed by atoms with Crippen molar-refractivity contribution in [3.05, 3.63) is 52.5 Å². The van der Waals surface area contributed by atoms with Gasteiger partial charge in [-0.1, -0.05) is 29.3 Å². The number of unbranched alkanes of at least 4 members (excludes halogenated alkanes) is 1. The number of rotatable bonds is 8. The van der Waals surface area contributed by atoms with Crippen molar-refractivity contribution in [3.63, 3.8) is 0 Å². The molecular weight excluding hydrogens is 509 g/mol. The number of piperidine rings is 1. The summed E-state index contributed by atoms with van der Waals surface area (Å²) in [7, 11) is 0. The van der Waals surface area contributed by atoms with E-state index in [0.29, 0.717) is 35.4 Å². The highest BCUT2D eigenvalue weighted by molar-refractivity contribution is 6.43. The normalized spacial score (nSPS) is 18.3. The zero-order chi connectivity index (χ0) is 25.7. The Labute approximate surface area is 221 Å². The summed E-state index contributed by atoms with van der Waals surface area (Å²) in [5.74, 6) is -2.59. The maximum atomic E-state index is 13.4. The first-order valence-corrected chi connectivity index (χ1v) is 13.1. The lowest BCUT2D eigenvalue weighted by atomic mass is 10.1. The highest BCUT2D eigenvalue weighted by atomic mass is 35.5. The van der Waals surface area contributed by atoms with Crippen LogP contribution >= 0.6 is 23.2 Å². The number of amides is 1. The summed E-state index contributed by atoms with van der Waals surface area (Å²) in [5.41, 5.74) is 2.41. The van der Waals surface area contributed by atoms with E-state index < -0.39 is 12.0 Å². The molecule has 2 aromatic rings. The van der Waals surface area contributed by atoms with Gasteiger partial charge in [0.1, 0.15) is 0 Å². The van der Waals surface area contributed by atoms with Crippen LogP contribution in [-0.2, 0) is 0 Å². The Bertz CT molecular complexity index is 1020. The topological polar surface area (TPSA) is 50.3 Å². The number of anilines is 3. The van der Waals surface area contributed by atoms with Crippen molar-refractivity contribution in [2.75, 3.05) is 67.1 Å². The summed E-state index contributed by atoms with van der Waals surface area (Å²) in [6.07, 6.45) is 0.336. The third-order valence-corrected chi connectivity index (χ3v) is 7.81. The molecule has 2 fully saturated rings. The second-order valence-electron chi connectivity index (χ2n) is 9.40. The molecule has 0 saturated carbocycles. The highest BCUT2D eigenvalue weighted by Gasteiger charge is 2.34. The third kappa shape index (κ3) is 6.72. The van der Waals surface area contributed by atoms with Crippen molar-refractivity contribution in [2.24, 2.45) is 0 Å². The van der Waals surface area contributed by atoms with Crippen molar-refractivity contribution >= 4 is 46.4 Å². The number of hydrogen-bond acceptors (Lipinski definition) is 4. The van der Waals surface area contributed by atoms with Gasteiger partial charge < -0.3 is 14.9 Å². The van der Waals surface area contributed by atoms with Crippen LogP contribution in [0, 0.1) is 0 Å². The number of benzene rings is 2. The molecule has 6 nitrogen and oxygen atoms in total. The number of piperazine rings is 1. The molecule has 0 spiro atoms. The first-order valence-electron chi connectivity index (χ1n) is 12.4. The average molecular weight is 541 g/mol. The van der Waals surface area contributed by atoms with E-state index in [9.17, 15) is 18.7 Å². The summed E-state index contributed by atoms with van der Waals surface area (Å²) in [6, 6.07) is 12.8. The number of hydrogen-bond donors (Lipinski definition) is 1. The van der Waals surface area contributed by atoms with Crippen LogP contribution in [0.5, 0.6) is 0 Å². The second-order valence-corrected chi connectivity index (χ2v) is 10.2. The molecule has 2 aromatic carbocycles. The summed E-state index contributed by atoms with van der Waals surface area (Å²) < 4.78 is 26.8. The van der Waals surface area contributed by atoms with Gasteiger partial charge in [0.15, 0.2) is 0 Å². The van der Waals surface area contributed by atoms with Gasteiger partial charge >= 0.3 is 6.09 Å². The zero-order valence-electron chi connectivity index (χ0n) is 20.2. The summed E-state index contributed by atoms with van der Waals surface area (Å²) in [5, 5.41) is 10.9. The molecule has 2 saturated heterocycles. The van der Waals surface area contributed by atoms with Crippen LogP contribution < -0.4 is 14.7 Å². The average Bonchev–Trinajstić information content (AvgIpc) is 2.86. The van der Waals surface area contributed by atoms with Crippen molar-refractivity contribution in [3.8, 4) is 0 Å². The van der Waals surface area contributed by atoms with Crippen LogP contribution in [0.2, 0.25) is 10.0 Å². The van der Waals surface area contributed by atoms with E-state index in [1.807, 2.05) is 29.2 Å². The first-order chi connectivity index (χ1) is 17.2. The largest absolute Gasteiger partial charge is 0.465 e. The molecule has 2 heterocycles. The molecule has 196 valence electrons. The van der Waals surface area contributed by atoms with Crippen molar-refractivity contribution in [1.29, 1.82) is 0 Å². The minimum atomic E-state index is -2.59. The van der Waals surface area contributed by atoms with Gasteiger partial charge in [-0.05, 0) is 55.8 Å². The maximum Gasteiger partial charge on any atom is 0.411 e. The van der Waals surface area contributed by atoms with E-state index in [2.05, 4.69) is 9.80 Å². The number of carbonyl (C=O) groups is 1. The van der Waals surface area contributed by atoms with E-state index >= 15 is 0 Å². The van der Waals surface area contributed by atoms with Crippen LogP contribution in [0.25, 0.3) is 0 Å². The molecule has 36 heavy (non-hydrogen) atoms. The quantitative estimate of drug-likeness (QED) is 0.397. The Morgan fingerprint density at radius 1 is 0.917 bits per heavy atom. The molecule has 2 aliphatic heterocycles. The Hall–Kier alpha value is -2.29. The number of nitrogens with zero attached hydrogens (tertiary/aromatic N) is 4. The van der Waals surface area contributed by atoms with Crippen molar-refractivity contribution in [1.82, 2.24) is 4.90 Å². The summed E-state index contributed by atoms with van der Waals surface area (Å²) >= 11 is 12.5. The van der Waals surface area contributed by atoms with Crippen molar-refractivity contribution < 1.29 is 18.7 Å². The Balaban J connectivity index is 1.22. The van der Waals surface area contributed by atoms with Gasteiger partial charge in [0.05, 0.1) is 15.7 Å². The van der Waals surface area contributed by atoms with Gasteiger partial charge in [-0.2, -0.15) is 0 Å². The number of alkyl halides is 2. The lowest BCUT2D eigenvalue weighted by Gasteiger charge is -2.36. The van der Waals surface area contributed by atoms with Crippen LogP contribution in [0.3, 0.4) is 0 Å². The zero-order valence-corrected chi connectivity index (χ0v) is 21.7. The van der Waals surface area contributed by atoms with Gasteiger partial charge in [-0.15, -0.1) is 0 Å². The molecule has 1 N–H and O–H groups in total. The molecule has 0 aliphatic carbocycles. The molecule has 2 aliphatic rings. The second kappa shape index (κ2) is 11.8. The predicted molar refractivity (Wildman–Crippen MR) is 143 cm³/mol. The summed E-state index contributed by atoms with van der Waals surface area (Å²) in [4.78, 5) is 19.8. The van der Waals surface area contributed by atoms with Crippen LogP contribution in [0.1, 0.15) is 25.7 Å². The van der Waals surface area contributed by atoms with Gasteiger partial charge in [-0.3, -0.25) is 9.80 Å². The van der Waals surface area contributed by atoms with E-state index in [0.717, 1.165) is 56.9 Å². The fraction of sp³-hybridized carbons (Fsp3) is 0.500. The van der Waals surface area contributed by atoms with Crippen LogP contribution in [0.15, 0.2) is 42.5 Å². The Morgan fingerprint density at radius 2 is 1.58 bits per heavy atom. The van der Waals surface area contributed by atoms with E-state index in [1.54, 1.807) is 18.2 Å². The van der Waals surface area contributed by atoms with Gasteiger partial charge in [0, 0.05) is 70.0 Å². The van der Waals surface area contributed by atoms with E-state index in [1.165, 1.54) is 4.90 Å². The maximum absolute atomic E-state index is 13.4. The standard InChI is InChI=1S/C26H32Cl2F2N4O2/c27-22-4-3-5-23(24(22)28)33-18-16-31(17-19-33)12-1-2-13-34(25(35)36)21-8-6-20(7-9-21)32-14-10-26(29,30)11-15-32/h3-9H,1-2,10-19H2,(H,35,36). The fourth-order valence-corrected chi connectivity index (χ4v) is 5.24. The highest BCUT2D eigenvalue weighted by Crippen LogP contribution is 2.33. The van der Waals surface area contributed by atoms with Crippen molar-refractivity contribution in [2.45, 2.75) is 31.6 Å². The first kappa shape index (κ1) is 26.8. The smallest absolute Gasteiger partial charge is 0.411 e. The molecule has 0 atom stereocenters. The SMILES string of the molecule is O=C(O)N(CCCCN1CCN(c2cccc(Cl)c2Cl)CC1)c1ccc(N2CCC(F)(F)CC2)cc1. The number of carboxylic acid groups (broad SMARTS) is 1. The molecule has 0 radical (unpaired) electrons. The van der Waals surface area contributed by atoms with Gasteiger partial charge in [0.25, 0.3) is 5.92 Å². The molecule has 0 bridgehead atoms. The van der Waals surface area contributed by atoms with Crippen LogP contribution in [0.4, 0.5) is 30.6 Å². The third-order valence-electron chi connectivity index (χ3n) is 7.00. The summed E-state index contributed by atoms with van der Waals surface area (Å²) in [6.45, 7) is 5.46. The predicted octanol–water partition coefficient (Wildman–Crippen LogP) is 6.32. The minimum absolute atomic E-state index is 0.153. The van der Waals surface area contributed by atoms with Crippen LogP contribution in [-0.4, -0.2) is 74.4 Å². The van der Waals surface area contributed by atoms with Gasteiger partial charge in [0.2, 0.25) is 0 Å². The van der Waals surface area contributed by atoms with E-state index in [4.69, 9.17) is 23.2 Å². The monoisotopic (exact) mass is 540 g/mol. The molecule has 1 amide bonds.